The van der Waals surface area contributed by atoms with Gasteiger partial charge in [0.2, 0.25) is 0 Å². The lowest BCUT2D eigenvalue weighted by molar-refractivity contribution is 0.0909. The van der Waals surface area contributed by atoms with Gasteiger partial charge in [-0.25, -0.2) is 4.98 Å². The molecule has 0 saturated heterocycles. The monoisotopic (exact) mass is 320 g/mol. The van der Waals surface area contributed by atoms with E-state index in [0.717, 1.165) is 36.3 Å². The number of aliphatic hydroxyl groups is 1. The molecule has 2 heterocycles. The molecule has 1 amide bonds. The van der Waals surface area contributed by atoms with Crippen LogP contribution in [0.4, 0.5) is 0 Å². The lowest BCUT2D eigenvalue weighted by Crippen LogP contribution is -2.38. The molecule has 6 nitrogen and oxygen atoms in total. The van der Waals surface area contributed by atoms with Gasteiger partial charge in [0.1, 0.15) is 10.7 Å². The Morgan fingerprint density at radius 3 is 2.86 bits per heavy atom. The lowest BCUT2D eigenvalue weighted by Gasteiger charge is -2.27. The van der Waals surface area contributed by atoms with Gasteiger partial charge in [0.25, 0.3) is 5.91 Å². The topological polar surface area (TPSA) is 80.0 Å². The molecule has 22 heavy (non-hydrogen) atoms. The molecule has 0 bridgehead atoms. The largest absolute Gasteiger partial charge is 0.396 e. The number of carbonyl (C=O) groups excluding carboxylic acids is 1. The average Bonchev–Trinajstić information content (AvgIpc) is 3.16. The van der Waals surface area contributed by atoms with E-state index in [2.05, 4.69) is 15.4 Å². The second-order valence-corrected chi connectivity index (χ2v) is 6.67. The van der Waals surface area contributed by atoms with E-state index in [1.54, 1.807) is 16.3 Å². The molecule has 0 radical (unpaired) electrons. The van der Waals surface area contributed by atoms with Crippen molar-refractivity contribution < 1.29 is 9.90 Å². The van der Waals surface area contributed by atoms with Gasteiger partial charge < -0.3 is 10.4 Å². The van der Waals surface area contributed by atoms with E-state index >= 15 is 0 Å². The van der Waals surface area contributed by atoms with Crippen molar-refractivity contribution in [1.82, 2.24) is 20.1 Å². The summed E-state index contributed by atoms with van der Waals surface area (Å²) in [5, 5.41) is 18.9. The highest BCUT2D eigenvalue weighted by Crippen LogP contribution is 2.25. The molecule has 2 aromatic heterocycles. The Morgan fingerprint density at radius 2 is 2.23 bits per heavy atom. The van der Waals surface area contributed by atoms with Gasteiger partial charge in [0.15, 0.2) is 0 Å². The predicted octanol–water partition coefficient (Wildman–Crippen LogP) is 1.82. The molecule has 7 heteroatoms. The molecule has 0 unspecified atom stereocenters. The molecule has 0 aromatic carbocycles. The van der Waals surface area contributed by atoms with Crippen LogP contribution in [0.1, 0.15) is 36.2 Å². The van der Waals surface area contributed by atoms with Crippen molar-refractivity contribution in [2.24, 2.45) is 13.0 Å². The molecule has 0 atom stereocenters. The van der Waals surface area contributed by atoms with Crippen LogP contribution >= 0.6 is 11.3 Å². The average molecular weight is 320 g/mol. The normalized spacial score (nSPS) is 21.7. The first kappa shape index (κ1) is 15.2. The molecule has 2 N–H and O–H groups in total. The molecule has 0 spiro atoms. The van der Waals surface area contributed by atoms with E-state index in [4.69, 9.17) is 5.11 Å². The third kappa shape index (κ3) is 3.36. The van der Waals surface area contributed by atoms with Gasteiger partial charge in [-0.05, 0) is 31.6 Å². The van der Waals surface area contributed by atoms with E-state index < -0.39 is 0 Å². The number of thiazole rings is 1. The van der Waals surface area contributed by atoms with Gasteiger partial charge in [-0.2, -0.15) is 5.10 Å². The second-order valence-electron chi connectivity index (χ2n) is 5.81. The first-order chi connectivity index (χ1) is 10.7. The highest BCUT2D eigenvalue weighted by molar-refractivity contribution is 7.13. The number of carbonyl (C=O) groups is 1. The van der Waals surface area contributed by atoms with Gasteiger partial charge in [0, 0.05) is 36.8 Å². The molecular weight excluding hydrogens is 300 g/mol. The Labute approximate surface area is 133 Å². The molecular formula is C15H20N4O2S. The fourth-order valence-corrected chi connectivity index (χ4v) is 3.57. The molecule has 2 aromatic rings. The number of aromatic nitrogens is 3. The maximum Gasteiger partial charge on any atom is 0.270 e. The number of hydrogen-bond donors (Lipinski definition) is 2. The second kappa shape index (κ2) is 6.58. The summed E-state index contributed by atoms with van der Waals surface area (Å²) in [5.41, 5.74) is 1.39. The van der Waals surface area contributed by atoms with Crippen LogP contribution in [-0.4, -0.2) is 38.4 Å². The Hall–Kier alpha value is -1.73. The molecule has 0 aliphatic heterocycles. The Balaban J connectivity index is 1.60. The van der Waals surface area contributed by atoms with Crippen molar-refractivity contribution in [3.63, 3.8) is 0 Å². The summed E-state index contributed by atoms with van der Waals surface area (Å²) in [4.78, 5) is 16.7. The lowest BCUT2D eigenvalue weighted by atomic mass is 9.86. The third-order valence-corrected chi connectivity index (χ3v) is 5.02. The smallest absolute Gasteiger partial charge is 0.270 e. The number of aryl methyl sites for hydroxylation is 1. The van der Waals surface area contributed by atoms with Crippen LogP contribution in [0.25, 0.3) is 10.6 Å². The van der Waals surface area contributed by atoms with Crippen LogP contribution in [-0.2, 0) is 7.05 Å². The summed E-state index contributed by atoms with van der Waals surface area (Å²) in [5.74, 6) is 0.281. The maximum atomic E-state index is 12.3. The molecule has 1 aliphatic carbocycles. The van der Waals surface area contributed by atoms with Gasteiger partial charge in [-0.1, -0.05) is 0 Å². The fourth-order valence-electron chi connectivity index (χ4n) is 2.79. The van der Waals surface area contributed by atoms with E-state index in [1.807, 2.05) is 13.2 Å². The molecule has 118 valence electrons. The minimum atomic E-state index is -0.112. The minimum absolute atomic E-state index is 0.112. The van der Waals surface area contributed by atoms with Crippen molar-refractivity contribution in [3.05, 3.63) is 23.5 Å². The summed E-state index contributed by atoms with van der Waals surface area (Å²) >= 11 is 1.45. The Bertz CT molecular complexity index is 644. The van der Waals surface area contributed by atoms with Gasteiger partial charge in [0.05, 0.1) is 6.20 Å². The number of rotatable bonds is 4. The first-order valence-electron chi connectivity index (χ1n) is 7.52. The van der Waals surface area contributed by atoms with Crippen molar-refractivity contribution in [2.75, 3.05) is 6.61 Å². The Kier molecular flexibility index (Phi) is 4.54. The minimum Gasteiger partial charge on any atom is -0.396 e. The molecule has 1 aliphatic rings. The number of amides is 1. The van der Waals surface area contributed by atoms with E-state index in [0.29, 0.717) is 11.6 Å². The number of nitrogens with zero attached hydrogens (tertiary/aromatic N) is 3. The summed E-state index contributed by atoms with van der Waals surface area (Å²) in [6.07, 6.45) is 7.43. The standard InChI is InChI=1S/C15H20N4O2S/c1-19-7-11(6-16-19)15-18-13(9-22-15)14(21)17-12-4-2-10(8-20)3-5-12/h6-7,9-10,12,20H,2-5,8H2,1H3,(H,17,21). The SMILES string of the molecule is Cn1cc(-c2nc(C(=O)NC3CCC(CO)CC3)cs2)cn1. The van der Waals surface area contributed by atoms with Crippen molar-refractivity contribution in [1.29, 1.82) is 0 Å². The fraction of sp³-hybridized carbons (Fsp3) is 0.533. The van der Waals surface area contributed by atoms with Crippen molar-refractivity contribution >= 4 is 17.2 Å². The molecule has 3 rings (SSSR count). The first-order valence-corrected chi connectivity index (χ1v) is 8.40. The maximum absolute atomic E-state index is 12.3. The van der Waals surface area contributed by atoms with Gasteiger partial charge >= 0.3 is 0 Å². The summed E-state index contributed by atoms with van der Waals surface area (Å²) in [6, 6.07) is 0.193. The van der Waals surface area contributed by atoms with Crippen LogP contribution in [0.15, 0.2) is 17.8 Å². The highest BCUT2D eigenvalue weighted by atomic mass is 32.1. The summed E-state index contributed by atoms with van der Waals surface area (Å²) < 4.78 is 1.72. The number of hydrogen-bond acceptors (Lipinski definition) is 5. The predicted molar refractivity (Wildman–Crippen MR) is 84.6 cm³/mol. The number of aliphatic hydroxyl groups excluding tert-OH is 1. The zero-order valence-electron chi connectivity index (χ0n) is 12.5. The van der Waals surface area contributed by atoms with Gasteiger partial charge in [-0.3, -0.25) is 9.48 Å². The van der Waals surface area contributed by atoms with Crippen LogP contribution in [0.3, 0.4) is 0 Å². The van der Waals surface area contributed by atoms with E-state index in [-0.39, 0.29) is 18.6 Å². The molecule has 1 saturated carbocycles. The van der Waals surface area contributed by atoms with Crippen LogP contribution in [0.5, 0.6) is 0 Å². The quantitative estimate of drug-likeness (QED) is 0.900. The Morgan fingerprint density at radius 1 is 1.45 bits per heavy atom. The third-order valence-electron chi connectivity index (χ3n) is 4.13. The van der Waals surface area contributed by atoms with E-state index in [1.165, 1.54) is 11.3 Å². The van der Waals surface area contributed by atoms with Crippen LogP contribution in [0.2, 0.25) is 0 Å². The summed E-state index contributed by atoms with van der Waals surface area (Å²) in [7, 11) is 1.85. The summed E-state index contributed by atoms with van der Waals surface area (Å²) in [6.45, 7) is 0.251. The highest BCUT2D eigenvalue weighted by Gasteiger charge is 2.23. The van der Waals surface area contributed by atoms with Crippen molar-refractivity contribution in [3.8, 4) is 10.6 Å². The molecule has 1 fully saturated rings. The van der Waals surface area contributed by atoms with Crippen LogP contribution in [0, 0.1) is 5.92 Å². The van der Waals surface area contributed by atoms with E-state index in [9.17, 15) is 4.79 Å². The van der Waals surface area contributed by atoms with Gasteiger partial charge in [-0.15, -0.1) is 11.3 Å². The number of nitrogens with one attached hydrogen (secondary N) is 1. The van der Waals surface area contributed by atoms with Crippen LogP contribution < -0.4 is 5.32 Å². The zero-order chi connectivity index (χ0) is 15.5. The van der Waals surface area contributed by atoms with Crippen molar-refractivity contribution in [2.45, 2.75) is 31.7 Å². The zero-order valence-corrected chi connectivity index (χ0v) is 13.3.